The number of hydrogen-bond donors (Lipinski definition) is 0. The Morgan fingerprint density at radius 1 is 1.62 bits per heavy atom. The number of ether oxygens (including phenoxy) is 1. The summed E-state index contributed by atoms with van der Waals surface area (Å²) in [6, 6.07) is 0. The lowest BCUT2D eigenvalue weighted by atomic mass is 9.66. The lowest BCUT2D eigenvalue weighted by molar-refractivity contribution is -0.122. The molecule has 1 aliphatic carbocycles. The molecule has 13 heavy (non-hydrogen) atoms. The standard InChI is InChI=1S/C9H15BrF2O/c1-3-9(2)6(10)4-7(9)13-5-8(11)12/h6-8H,3-5H2,1-2H3. The Kier molecular flexibility index (Phi) is 3.69. The molecular formula is C9H15BrF2O. The maximum absolute atomic E-state index is 11.9. The molecule has 1 saturated carbocycles. The molecule has 0 spiro atoms. The summed E-state index contributed by atoms with van der Waals surface area (Å²) in [6.07, 6.45) is -0.556. The van der Waals surface area contributed by atoms with E-state index in [1.807, 2.05) is 0 Å². The summed E-state index contributed by atoms with van der Waals surface area (Å²) in [6.45, 7) is 3.71. The summed E-state index contributed by atoms with van der Waals surface area (Å²) in [7, 11) is 0. The molecule has 4 heteroatoms. The molecule has 0 radical (unpaired) electrons. The fourth-order valence-electron chi connectivity index (χ4n) is 1.66. The molecule has 1 rings (SSSR count). The fourth-order valence-corrected chi connectivity index (χ4v) is 2.62. The zero-order valence-corrected chi connectivity index (χ0v) is 9.48. The van der Waals surface area contributed by atoms with E-state index in [1.54, 1.807) is 0 Å². The van der Waals surface area contributed by atoms with Crippen LogP contribution in [0.3, 0.4) is 0 Å². The lowest BCUT2D eigenvalue weighted by Gasteiger charge is -2.50. The van der Waals surface area contributed by atoms with Gasteiger partial charge in [0.25, 0.3) is 6.43 Å². The van der Waals surface area contributed by atoms with Gasteiger partial charge in [-0.15, -0.1) is 0 Å². The first-order valence-corrected chi connectivity index (χ1v) is 5.46. The highest BCUT2D eigenvalue weighted by Gasteiger charge is 2.49. The fraction of sp³-hybridized carbons (Fsp3) is 1.00. The van der Waals surface area contributed by atoms with Gasteiger partial charge in [0.1, 0.15) is 6.61 Å². The number of alkyl halides is 3. The molecule has 78 valence electrons. The Labute approximate surface area is 86.0 Å². The maximum atomic E-state index is 11.9. The smallest absolute Gasteiger partial charge is 0.261 e. The Balaban J connectivity index is 2.37. The molecule has 0 heterocycles. The molecule has 1 aliphatic rings. The van der Waals surface area contributed by atoms with Crippen molar-refractivity contribution in [2.24, 2.45) is 5.41 Å². The normalized spacial score (nSPS) is 39.2. The molecule has 1 nitrogen and oxygen atoms in total. The van der Waals surface area contributed by atoms with Crippen LogP contribution in [0.4, 0.5) is 8.78 Å². The third-order valence-corrected chi connectivity index (χ3v) is 4.48. The molecule has 0 N–H and O–H groups in total. The highest BCUT2D eigenvalue weighted by atomic mass is 79.9. The summed E-state index contributed by atoms with van der Waals surface area (Å²) < 4.78 is 28.9. The molecule has 0 amide bonds. The van der Waals surface area contributed by atoms with E-state index in [-0.39, 0.29) is 11.5 Å². The van der Waals surface area contributed by atoms with E-state index in [9.17, 15) is 8.78 Å². The van der Waals surface area contributed by atoms with Crippen LogP contribution in [0.5, 0.6) is 0 Å². The second-order valence-electron chi connectivity index (χ2n) is 3.78. The Morgan fingerprint density at radius 2 is 2.23 bits per heavy atom. The van der Waals surface area contributed by atoms with Crippen LogP contribution in [0.25, 0.3) is 0 Å². The molecule has 1 fully saturated rings. The van der Waals surface area contributed by atoms with Gasteiger partial charge in [-0.2, -0.15) is 0 Å². The molecule has 0 aromatic heterocycles. The second kappa shape index (κ2) is 4.22. The van der Waals surface area contributed by atoms with Crippen LogP contribution >= 0.6 is 15.9 Å². The van der Waals surface area contributed by atoms with Crippen molar-refractivity contribution in [2.75, 3.05) is 6.61 Å². The highest BCUT2D eigenvalue weighted by Crippen LogP contribution is 2.50. The molecule has 0 saturated heterocycles. The SMILES string of the molecule is CCC1(C)C(Br)CC1OCC(F)F. The molecule has 3 unspecified atom stereocenters. The monoisotopic (exact) mass is 256 g/mol. The van der Waals surface area contributed by atoms with Gasteiger partial charge >= 0.3 is 0 Å². The molecule has 0 bridgehead atoms. The van der Waals surface area contributed by atoms with Crippen molar-refractivity contribution in [3.05, 3.63) is 0 Å². The van der Waals surface area contributed by atoms with Crippen molar-refractivity contribution in [3.63, 3.8) is 0 Å². The van der Waals surface area contributed by atoms with E-state index < -0.39 is 13.0 Å². The van der Waals surface area contributed by atoms with Crippen molar-refractivity contribution in [1.29, 1.82) is 0 Å². The average Bonchev–Trinajstić information content (AvgIpc) is 2.10. The second-order valence-corrected chi connectivity index (χ2v) is 4.88. The third kappa shape index (κ3) is 2.21. The van der Waals surface area contributed by atoms with E-state index in [0.717, 1.165) is 12.8 Å². The van der Waals surface area contributed by atoms with Gasteiger partial charge in [0.15, 0.2) is 0 Å². The maximum Gasteiger partial charge on any atom is 0.261 e. The van der Waals surface area contributed by atoms with Crippen LogP contribution in [-0.2, 0) is 4.74 Å². The van der Waals surface area contributed by atoms with Crippen LogP contribution in [0.1, 0.15) is 26.7 Å². The minimum Gasteiger partial charge on any atom is -0.372 e. The van der Waals surface area contributed by atoms with E-state index in [1.165, 1.54) is 0 Å². The van der Waals surface area contributed by atoms with Crippen molar-refractivity contribution in [3.8, 4) is 0 Å². The van der Waals surface area contributed by atoms with Gasteiger partial charge in [-0.05, 0) is 12.8 Å². The molecule has 3 atom stereocenters. The molecule has 0 aliphatic heterocycles. The topological polar surface area (TPSA) is 9.23 Å². The zero-order valence-electron chi connectivity index (χ0n) is 7.90. The van der Waals surface area contributed by atoms with E-state index in [0.29, 0.717) is 4.83 Å². The van der Waals surface area contributed by atoms with Gasteiger partial charge in [0.05, 0.1) is 6.10 Å². The third-order valence-electron chi connectivity index (χ3n) is 3.06. The Hall–Kier alpha value is 0.300. The molecule has 0 aromatic carbocycles. The zero-order chi connectivity index (χ0) is 10.1. The summed E-state index contributed by atoms with van der Waals surface area (Å²) in [5.41, 5.74) is 0.0366. The quantitative estimate of drug-likeness (QED) is 0.702. The average molecular weight is 257 g/mol. The summed E-state index contributed by atoms with van der Waals surface area (Å²) in [4.78, 5) is 0.410. The van der Waals surface area contributed by atoms with Gasteiger partial charge in [-0.1, -0.05) is 29.8 Å². The van der Waals surface area contributed by atoms with E-state index in [2.05, 4.69) is 29.8 Å². The van der Waals surface area contributed by atoms with Gasteiger partial charge in [-0.25, -0.2) is 8.78 Å². The van der Waals surface area contributed by atoms with Gasteiger partial charge < -0.3 is 4.74 Å². The molecular weight excluding hydrogens is 242 g/mol. The van der Waals surface area contributed by atoms with E-state index in [4.69, 9.17) is 4.74 Å². The summed E-state index contributed by atoms with van der Waals surface area (Å²) in [5.74, 6) is 0. The number of hydrogen-bond acceptors (Lipinski definition) is 1. The Morgan fingerprint density at radius 3 is 2.62 bits per heavy atom. The van der Waals surface area contributed by atoms with Crippen LogP contribution in [0.15, 0.2) is 0 Å². The van der Waals surface area contributed by atoms with Gasteiger partial charge in [-0.3, -0.25) is 0 Å². The Bertz CT molecular complexity index is 177. The first-order valence-electron chi connectivity index (χ1n) is 4.54. The van der Waals surface area contributed by atoms with E-state index >= 15 is 0 Å². The first kappa shape index (κ1) is 11.4. The van der Waals surface area contributed by atoms with Crippen LogP contribution < -0.4 is 0 Å². The largest absolute Gasteiger partial charge is 0.372 e. The van der Waals surface area contributed by atoms with Gasteiger partial charge in [0.2, 0.25) is 0 Å². The van der Waals surface area contributed by atoms with Crippen molar-refractivity contribution >= 4 is 15.9 Å². The number of halogens is 3. The first-order chi connectivity index (χ1) is 6.00. The minimum atomic E-state index is -2.35. The van der Waals surface area contributed by atoms with Crippen molar-refractivity contribution < 1.29 is 13.5 Å². The van der Waals surface area contributed by atoms with Crippen molar-refractivity contribution in [1.82, 2.24) is 0 Å². The van der Waals surface area contributed by atoms with Crippen LogP contribution in [0.2, 0.25) is 0 Å². The number of rotatable bonds is 4. The summed E-state index contributed by atoms with van der Waals surface area (Å²) in [5, 5.41) is 0. The van der Waals surface area contributed by atoms with Crippen LogP contribution in [-0.4, -0.2) is 24.0 Å². The molecule has 0 aromatic rings. The lowest BCUT2D eigenvalue weighted by Crippen LogP contribution is -2.53. The highest BCUT2D eigenvalue weighted by molar-refractivity contribution is 9.09. The predicted octanol–water partition coefficient (Wildman–Crippen LogP) is 3.22. The summed E-state index contributed by atoms with van der Waals surface area (Å²) >= 11 is 3.52. The minimum absolute atomic E-state index is 0.00382. The van der Waals surface area contributed by atoms with Gasteiger partial charge in [0, 0.05) is 10.2 Å². The predicted molar refractivity (Wildman–Crippen MR) is 51.5 cm³/mol. The van der Waals surface area contributed by atoms with Crippen LogP contribution in [0, 0.1) is 5.41 Å². The van der Waals surface area contributed by atoms with Crippen molar-refractivity contribution in [2.45, 2.75) is 44.0 Å².